The highest BCUT2D eigenvalue weighted by Crippen LogP contribution is 2.59. The average molecular weight is 395 g/mol. The van der Waals surface area contributed by atoms with Gasteiger partial charge in [0.25, 0.3) is 5.91 Å². The Kier molecular flexibility index (Phi) is 3.36. The zero-order valence-corrected chi connectivity index (χ0v) is 16.3. The Morgan fingerprint density at radius 1 is 1.21 bits per heavy atom. The minimum atomic E-state index is -0.556. The van der Waals surface area contributed by atoms with Crippen LogP contribution in [0.5, 0.6) is 0 Å². The van der Waals surface area contributed by atoms with Gasteiger partial charge in [-0.15, -0.1) is 11.3 Å². The molecule has 5 fully saturated rings. The van der Waals surface area contributed by atoms with Gasteiger partial charge in [0.15, 0.2) is 0 Å². The third-order valence-corrected chi connectivity index (χ3v) is 7.54. The van der Waals surface area contributed by atoms with Gasteiger partial charge < -0.3 is 10.4 Å². The number of thiazole rings is 1. The summed E-state index contributed by atoms with van der Waals surface area (Å²) in [4.78, 5) is 21.7. The summed E-state index contributed by atoms with van der Waals surface area (Å²) in [5.41, 5.74) is 3.47. The highest BCUT2D eigenvalue weighted by atomic mass is 32.1. The van der Waals surface area contributed by atoms with Gasteiger partial charge in [-0.3, -0.25) is 10.1 Å². The maximum absolute atomic E-state index is 12.5. The number of guanidine groups is 1. The number of aromatic nitrogens is 1. The summed E-state index contributed by atoms with van der Waals surface area (Å²) in [5, 5.41) is 17.0. The number of carbonyl (C=O) groups excluding carboxylic acids is 1. The van der Waals surface area contributed by atoms with E-state index in [0.717, 1.165) is 47.9 Å². The Morgan fingerprint density at radius 3 is 2.82 bits per heavy atom. The van der Waals surface area contributed by atoms with Crippen LogP contribution in [0.15, 0.2) is 34.4 Å². The molecule has 28 heavy (non-hydrogen) atoms. The quantitative estimate of drug-likeness (QED) is 0.684. The second-order valence-corrected chi connectivity index (χ2v) is 9.97. The van der Waals surface area contributed by atoms with Crippen LogP contribution >= 0.6 is 11.3 Å². The zero-order chi connectivity index (χ0) is 18.9. The summed E-state index contributed by atoms with van der Waals surface area (Å²) in [6, 6.07) is 5.97. The van der Waals surface area contributed by atoms with E-state index in [9.17, 15) is 9.90 Å². The van der Waals surface area contributed by atoms with Crippen LogP contribution in [0.25, 0.3) is 16.3 Å². The first-order valence-corrected chi connectivity index (χ1v) is 10.8. The Bertz CT molecular complexity index is 1040. The maximum atomic E-state index is 12.5. The largest absolute Gasteiger partial charge is 0.390 e. The number of hydrogen-bond acceptors (Lipinski definition) is 5. The van der Waals surface area contributed by atoms with Crippen molar-refractivity contribution in [3.05, 3.63) is 35.0 Å². The average Bonchev–Trinajstić information content (AvgIpc) is 3.18. The van der Waals surface area contributed by atoms with Crippen LogP contribution in [0, 0.1) is 11.8 Å². The molecule has 1 amide bonds. The normalized spacial score (nSPS) is 39.1. The van der Waals surface area contributed by atoms with Gasteiger partial charge in [0.2, 0.25) is 5.96 Å². The molecule has 7 rings (SSSR count). The molecule has 1 aliphatic heterocycles. The number of aliphatic imine (C=N–C) groups is 1. The SMILES string of the molecule is O=C1NC(=NC23CC4CC(CC(O)(C4)C2)C3)N/C1=C\c1ccc2ncsc2c1. The van der Waals surface area contributed by atoms with Gasteiger partial charge in [-0.25, -0.2) is 9.98 Å². The summed E-state index contributed by atoms with van der Waals surface area (Å²) < 4.78 is 1.10. The Labute approximate surface area is 166 Å². The Hall–Kier alpha value is -2.25. The number of aliphatic hydroxyl groups is 1. The molecule has 6 nitrogen and oxygen atoms in total. The molecule has 0 spiro atoms. The van der Waals surface area contributed by atoms with Crippen molar-refractivity contribution >= 4 is 39.5 Å². The first kappa shape index (κ1) is 16.7. The van der Waals surface area contributed by atoms with Gasteiger partial charge in [-0.2, -0.15) is 0 Å². The van der Waals surface area contributed by atoms with Crippen LogP contribution in [-0.2, 0) is 4.79 Å². The zero-order valence-electron chi connectivity index (χ0n) is 15.4. The molecule has 3 N–H and O–H groups in total. The minimum Gasteiger partial charge on any atom is -0.390 e. The fourth-order valence-electron chi connectivity index (χ4n) is 6.21. The second kappa shape index (κ2) is 5.64. The van der Waals surface area contributed by atoms with E-state index in [0.29, 0.717) is 23.5 Å². The van der Waals surface area contributed by atoms with E-state index in [1.165, 1.54) is 6.42 Å². The number of fused-ring (bicyclic) bond motifs is 1. The number of nitrogens with zero attached hydrogens (tertiary/aromatic N) is 2. The van der Waals surface area contributed by atoms with Gasteiger partial charge in [0.05, 0.1) is 26.9 Å². The standard InChI is InChI=1S/C21H22N4O2S/c26-18-16(4-12-1-2-15-17(5-12)28-11-22-15)23-19(24-18)25-20-6-13-3-14(7-20)9-21(27,8-13)10-20/h1-2,4-5,11,13-14,27H,3,6-10H2,(H2,23,24,25,26)/b16-4-. The van der Waals surface area contributed by atoms with Gasteiger partial charge >= 0.3 is 0 Å². The van der Waals surface area contributed by atoms with E-state index in [2.05, 4.69) is 15.6 Å². The highest BCUT2D eigenvalue weighted by Gasteiger charge is 2.57. The summed E-state index contributed by atoms with van der Waals surface area (Å²) in [6.45, 7) is 0. The number of nitrogens with one attached hydrogen (secondary N) is 2. The first-order valence-electron chi connectivity index (χ1n) is 9.93. The van der Waals surface area contributed by atoms with E-state index in [1.54, 1.807) is 11.3 Å². The number of hydrogen-bond donors (Lipinski definition) is 3. The molecule has 144 valence electrons. The number of amides is 1. The lowest BCUT2D eigenvalue weighted by molar-refractivity contribution is -0.132. The van der Waals surface area contributed by atoms with Crippen LogP contribution < -0.4 is 10.6 Å². The second-order valence-electron chi connectivity index (χ2n) is 9.09. The molecule has 2 aromatic rings. The van der Waals surface area contributed by atoms with E-state index in [-0.39, 0.29) is 11.4 Å². The third-order valence-electron chi connectivity index (χ3n) is 6.74. The van der Waals surface area contributed by atoms with Gasteiger partial charge in [-0.1, -0.05) is 6.07 Å². The molecular formula is C21H22N4O2S. The molecule has 5 aliphatic rings. The Morgan fingerprint density at radius 2 is 2.04 bits per heavy atom. The molecule has 4 aliphatic carbocycles. The van der Waals surface area contributed by atoms with Crippen molar-refractivity contribution in [2.45, 2.75) is 49.7 Å². The van der Waals surface area contributed by atoms with Crippen molar-refractivity contribution in [2.75, 3.05) is 0 Å². The van der Waals surface area contributed by atoms with Crippen molar-refractivity contribution in [2.24, 2.45) is 16.8 Å². The van der Waals surface area contributed by atoms with Crippen LogP contribution in [-0.4, -0.2) is 33.1 Å². The van der Waals surface area contributed by atoms with E-state index < -0.39 is 5.60 Å². The van der Waals surface area contributed by atoms with Crippen LogP contribution in [0.3, 0.4) is 0 Å². The van der Waals surface area contributed by atoms with E-state index in [1.807, 2.05) is 29.8 Å². The van der Waals surface area contributed by atoms with Crippen molar-refractivity contribution in [3.8, 4) is 0 Å². The summed E-state index contributed by atoms with van der Waals surface area (Å²) in [7, 11) is 0. The van der Waals surface area contributed by atoms with Crippen LogP contribution in [0.4, 0.5) is 0 Å². The van der Waals surface area contributed by atoms with Gasteiger partial charge in [0, 0.05) is 6.42 Å². The molecule has 4 saturated carbocycles. The molecule has 2 unspecified atom stereocenters. The lowest BCUT2D eigenvalue weighted by atomic mass is 9.51. The fourth-order valence-corrected chi connectivity index (χ4v) is 6.94. The molecular weight excluding hydrogens is 372 g/mol. The Balaban J connectivity index is 1.28. The molecule has 1 aromatic carbocycles. The fraction of sp³-hybridized carbons (Fsp3) is 0.476. The number of carbonyl (C=O) groups is 1. The summed E-state index contributed by atoms with van der Waals surface area (Å²) >= 11 is 1.59. The van der Waals surface area contributed by atoms with E-state index in [4.69, 9.17) is 4.99 Å². The number of rotatable bonds is 2. The maximum Gasteiger partial charge on any atom is 0.274 e. The van der Waals surface area contributed by atoms with Gasteiger partial charge in [-0.05, 0) is 67.7 Å². The lowest BCUT2D eigenvalue weighted by Crippen LogP contribution is -2.58. The summed E-state index contributed by atoms with van der Waals surface area (Å²) in [5.74, 6) is 1.50. The highest BCUT2D eigenvalue weighted by molar-refractivity contribution is 7.16. The molecule has 0 radical (unpaired) electrons. The monoisotopic (exact) mass is 394 g/mol. The van der Waals surface area contributed by atoms with Crippen LogP contribution in [0.2, 0.25) is 0 Å². The first-order chi connectivity index (χ1) is 13.5. The van der Waals surface area contributed by atoms with Crippen LogP contribution in [0.1, 0.15) is 44.1 Å². The van der Waals surface area contributed by atoms with Crippen molar-refractivity contribution in [1.29, 1.82) is 0 Å². The van der Waals surface area contributed by atoms with Crippen molar-refractivity contribution in [3.63, 3.8) is 0 Å². The smallest absolute Gasteiger partial charge is 0.274 e. The lowest BCUT2D eigenvalue weighted by Gasteiger charge is -2.58. The molecule has 1 saturated heterocycles. The van der Waals surface area contributed by atoms with Crippen molar-refractivity contribution < 1.29 is 9.90 Å². The predicted octanol–water partition coefficient (Wildman–Crippen LogP) is 2.80. The summed E-state index contributed by atoms with van der Waals surface area (Å²) in [6.07, 6.45) is 7.67. The number of benzene rings is 1. The third kappa shape index (κ3) is 2.68. The molecule has 7 heteroatoms. The van der Waals surface area contributed by atoms with E-state index >= 15 is 0 Å². The molecule has 4 bridgehead atoms. The molecule has 1 aromatic heterocycles. The van der Waals surface area contributed by atoms with Crippen molar-refractivity contribution in [1.82, 2.24) is 15.6 Å². The topological polar surface area (TPSA) is 86.6 Å². The predicted molar refractivity (Wildman–Crippen MR) is 109 cm³/mol. The minimum absolute atomic E-state index is 0.161. The molecule has 2 atom stereocenters. The van der Waals surface area contributed by atoms with Gasteiger partial charge in [0.1, 0.15) is 5.70 Å². The molecule has 2 heterocycles.